The fourth-order valence-electron chi connectivity index (χ4n) is 3.63. The fraction of sp³-hybridized carbons (Fsp3) is 0.625. The molecule has 1 aliphatic heterocycles. The van der Waals surface area contributed by atoms with Crippen LogP contribution in [0.15, 0.2) is 28.7 Å². The van der Waals surface area contributed by atoms with Gasteiger partial charge in [-0.15, -0.1) is 0 Å². The molecule has 104 valence electrons. The van der Waals surface area contributed by atoms with Crippen LogP contribution in [0.2, 0.25) is 0 Å². The number of halogens is 1. The van der Waals surface area contributed by atoms with Crippen molar-refractivity contribution in [1.29, 1.82) is 0 Å². The molecule has 2 atom stereocenters. The standard InChI is InChI=1S/C16H22BrNO/c17-15-6-4-13(5-7-15)11-18-10-9-16(19)8-2-1-3-14(16)12-18/h4-7,14,19H,1-3,8-12H2. The molecule has 1 N–H and O–H groups in total. The molecule has 2 unspecified atom stereocenters. The topological polar surface area (TPSA) is 23.5 Å². The van der Waals surface area contributed by atoms with Gasteiger partial charge in [-0.05, 0) is 37.0 Å². The van der Waals surface area contributed by atoms with Crippen molar-refractivity contribution < 1.29 is 5.11 Å². The highest BCUT2D eigenvalue weighted by Gasteiger charge is 2.42. The van der Waals surface area contributed by atoms with Gasteiger partial charge in [-0.1, -0.05) is 40.9 Å². The predicted octanol–water partition coefficient (Wildman–Crippen LogP) is 3.58. The number of hydrogen-bond acceptors (Lipinski definition) is 2. The summed E-state index contributed by atoms with van der Waals surface area (Å²) >= 11 is 3.48. The Balaban J connectivity index is 1.63. The van der Waals surface area contributed by atoms with Gasteiger partial charge in [0.05, 0.1) is 5.60 Å². The van der Waals surface area contributed by atoms with Crippen molar-refractivity contribution >= 4 is 15.9 Å². The van der Waals surface area contributed by atoms with Crippen LogP contribution in [-0.2, 0) is 6.54 Å². The van der Waals surface area contributed by atoms with E-state index in [1.54, 1.807) is 0 Å². The molecule has 19 heavy (non-hydrogen) atoms. The summed E-state index contributed by atoms with van der Waals surface area (Å²) in [5.74, 6) is 0.491. The first-order valence-electron chi connectivity index (χ1n) is 7.35. The number of nitrogens with zero attached hydrogens (tertiary/aromatic N) is 1. The Kier molecular flexibility index (Phi) is 3.97. The zero-order valence-electron chi connectivity index (χ0n) is 11.3. The van der Waals surface area contributed by atoms with Gasteiger partial charge in [-0.3, -0.25) is 4.90 Å². The van der Waals surface area contributed by atoms with E-state index in [0.717, 1.165) is 36.9 Å². The summed E-state index contributed by atoms with van der Waals surface area (Å²) in [5.41, 5.74) is 1.01. The molecule has 2 aliphatic rings. The highest BCUT2D eigenvalue weighted by molar-refractivity contribution is 9.10. The normalized spacial score (nSPS) is 32.0. The minimum Gasteiger partial charge on any atom is -0.390 e. The van der Waals surface area contributed by atoms with Crippen LogP contribution in [0, 0.1) is 5.92 Å². The van der Waals surface area contributed by atoms with Gasteiger partial charge in [-0.2, -0.15) is 0 Å². The zero-order chi connectivity index (χ0) is 13.3. The van der Waals surface area contributed by atoms with Crippen molar-refractivity contribution in [2.75, 3.05) is 13.1 Å². The molecular weight excluding hydrogens is 302 g/mol. The van der Waals surface area contributed by atoms with Crippen LogP contribution >= 0.6 is 15.9 Å². The minimum atomic E-state index is -0.353. The highest BCUT2D eigenvalue weighted by atomic mass is 79.9. The molecule has 1 heterocycles. The van der Waals surface area contributed by atoms with Crippen molar-refractivity contribution in [2.45, 2.75) is 44.2 Å². The van der Waals surface area contributed by atoms with E-state index in [4.69, 9.17) is 0 Å². The maximum absolute atomic E-state index is 10.7. The molecule has 1 aromatic rings. The van der Waals surface area contributed by atoms with E-state index in [1.165, 1.54) is 24.8 Å². The van der Waals surface area contributed by atoms with Gasteiger partial charge in [0.25, 0.3) is 0 Å². The Morgan fingerprint density at radius 2 is 2.00 bits per heavy atom. The molecule has 3 rings (SSSR count). The zero-order valence-corrected chi connectivity index (χ0v) is 12.9. The second kappa shape index (κ2) is 5.55. The Morgan fingerprint density at radius 1 is 1.21 bits per heavy atom. The van der Waals surface area contributed by atoms with Crippen molar-refractivity contribution in [3.63, 3.8) is 0 Å². The van der Waals surface area contributed by atoms with Gasteiger partial charge in [0, 0.05) is 30.0 Å². The maximum Gasteiger partial charge on any atom is 0.0700 e. The summed E-state index contributed by atoms with van der Waals surface area (Å²) in [4.78, 5) is 2.51. The van der Waals surface area contributed by atoms with Crippen LogP contribution in [0.4, 0.5) is 0 Å². The average molecular weight is 324 g/mol. The van der Waals surface area contributed by atoms with Gasteiger partial charge < -0.3 is 5.11 Å². The highest BCUT2D eigenvalue weighted by Crippen LogP contribution is 2.40. The SMILES string of the molecule is OC12CCCCC1CN(Cc1ccc(Br)cc1)CC2. The lowest BCUT2D eigenvalue weighted by molar-refractivity contribution is -0.0967. The van der Waals surface area contributed by atoms with Crippen molar-refractivity contribution in [2.24, 2.45) is 5.92 Å². The van der Waals surface area contributed by atoms with Crippen molar-refractivity contribution in [1.82, 2.24) is 4.90 Å². The van der Waals surface area contributed by atoms with Crippen LogP contribution in [0.5, 0.6) is 0 Å². The molecular formula is C16H22BrNO. The van der Waals surface area contributed by atoms with Gasteiger partial charge >= 0.3 is 0 Å². The fourth-order valence-corrected chi connectivity index (χ4v) is 3.90. The second-order valence-electron chi connectivity index (χ2n) is 6.16. The molecule has 0 aromatic heterocycles. The van der Waals surface area contributed by atoms with Gasteiger partial charge in [-0.25, -0.2) is 0 Å². The summed E-state index contributed by atoms with van der Waals surface area (Å²) in [6, 6.07) is 8.59. The third-order valence-corrected chi connectivity index (χ3v) is 5.36. The Bertz CT molecular complexity index is 433. The predicted molar refractivity (Wildman–Crippen MR) is 80.9 cm³/mol. The molecule has 0 radical (unpaired) electrons. The van der Waals surface area contributed by atoms with Gasteiger partial charge in [0.2, 0.25) is 0 Å². The Hall–Kier alpha value is -0.380. The van der Waals surface area contributed by atoms with E-state index >= 15 is 0 Å². The molecule has 1 saturated heterocycles. The molecule has 2 fully saturated rings. The number of hydrogen-bond donors (Lipinski definition) is 1. The first-order valence-corrected chi connectivity index (χ1v) is 8.14. The minimum absolute atomic E-state index is 0.353. The molecule has 1 aliphatic carbocycles. The van der Waals surface area contributed by atoms with Crippen LogP contribution in [0.3, 0.4) is 0 Å². The quantitative estimate of drug-likeness (QED) is 0.899. The summed E-state index contributed by atoms with van der Waals surface area (Å²) < 4.78 is 1.14. The molecule has 1 aromatic carbocycles. The number of aliphatic hydroxyl groups is 1. The first-order chi connectivity index (χ1) is 9.16. The number of rotatable bonds is 2. The maximum atomic E-state index is 10.7. The van der Waals surface area contributed by atoms with E-state index in [-0.39, 0.29) is 5.60 Å². The molecule has 2 nitrogen and oxygen atoms in total. The largest absolute Gasteiger partial charge is 0.390 e. The summed E-state index contributed by atoms with van der Waals surface area (Å²) in [5, 5.41) is 10.7. The number of benzene rings is 1. The van der Waals surface area contributed by atoms with Crippen molar-refractivity contribution in [3.05, 3.63) is 34.3 Å². The first kappa shape index (κ1) is 13.6. The number of piperidine rings is 1. The molecule has 3 heteroatoms. The summed E-state index contributed by atoms with van der Waals surface area (Å²) in [6.45, 7) is 3.11. The summed E-state index contributed by atoms with van der Waals surface area (Å²) in [7, 11) is 0. The lowest BCUT2D eigenvalue weighted by Gasteiger charge is -2.47. The van der Waals surface area contributed by atoms with E-state index in [0.29, 0.717) is 5.92 Å². The van der Waals surface area contributed by atoms with Crippen LogP contribution in [0.1, 0.15) is 37.7 Å². The van der Waals surface area contributed by atoms with Crippen LogP contribution < -0.4 is 0 Å². The smallest absolute Gasteiger partial charge is 0.0700 e. The Labute approximate surface area is 123 Å². The molecule has 1 saturated carbocycles. The van der Waals surface area contributed by atoms with E-state index in [1.807, 2.05) is 0 Å². The van der Waals surface area contributed by atoms with Gasteiger partial charge in [0.15, 0.2) is 0 Å². The van der Waals surface area contributed by atoms with E-state index < -0.39 is 0 Å². The third kappa shape index (κ3) is 3.04. The van der Waals surface area contributed by atoms with E-state index in [9.17, 15) is 5.11 Å². The van der Waals surface area contributed by atoms with Crippen LogP contribution in [-0.4, -0.2) is 28.7 Å². The summed E-state index contributed by atoms with van der Waals surface area (Å²) in [6.07, 6.45) is 5.67. The third-order valence-electron chi connectivity index (χ3n) is 4.83. The number of fused-ring (bicyclic) bond motifs is 1. The second-order valence-corrected chi connectivity index (χ2v) is 7.07. The number of likely N-dealkylation sites (tertiary alicyclic amines) is 1. The lowest BCUT2D eigenvalue weighted by Crippen LogP contribution is -2.52. The monoisotopic (exact) mass is 323 g/mol. The Morgan fingerprint density at radius 3 is 2.79 bits per heavy atom. The van der Waals surface area contributed by atoms with Crippen LogP contribution in [0.25, 0.3) is 0 Å². The van der Waals surface area contributed by atoms with E-state index in [2.05, 4.69) is 45.1 Å². The average Bonchev–Trinajstić information content (AvgIpc) is 2.41. The van der Waals surface area contributed by atoms with Gasteiger partial charge in [0.1, 0.15) is 0 Å². The lowest BCUT2D eigenvalue weighted by atomic mass is 9.71. The molecule has 0 amide bonds. The molecule has 0 spiro atoms. The van der Waals surface area contributed by atoms with Crippen molar-refractivity contribution in [3.8, 4) is 0 Å². The molecule has 0 bridgehead atoms.